The number of aromatic nitrogens is 2. The van der Waals surface area contributed by atoms with E-state index < -0.39 is 11.7 Å². The zero-order valence-electron chi connectivity index (χ0n) is 25.0. The highest BCUT2D eigenvalue weighted by Gasteiger charge is 2.52. The predicted octanol–water partition coefficient (Wildman–Crippen LogP) is 5.43. The molecule has 1 saturated carbocycles. The first kappa shape index (κ1) is 29.1. The molecule has 0 atom stereocenters. The van der Waals surface area contributed by atoms with Crippen LogP contribution < -0.4 is 15.0 Å². The Morgan fingerprint density at radius 3 is 2.24 bits per heavy atom. The monoisotopic (exact) mass is 566 g/mol. The quantitative estimate of drug-likeness (QED) is 0.382. The second-order valence-electron chi connectivity index (χ2n) is 12.8. The summed E-state index contributed by atoms with van der Waals surface area (Å²) in [5, 5.41) is 2.65. The van der Waals surface area contributed by atoms with Gasteiger partial charge in [0.25, 0.3) is 0 Å². The van der Waals surface area contributed by atoms with Crippen molar-refractivity contribution < 1.29 is 19.1 Å². The molecule has 2 fully saturated rings. The Morgan fingerprint density at radius 2 is 1.62 bits per heavy atom. The van der Waals surface area contributed by atoms with Gasteiger partial charge >= 0.3 is 6.09 Å². The van der Waals surface area contributed by atoms with Crippen LogP contribution in [0.2, 0.25) is 0 Å². The minimum Gasteiger partial charge on any atom is -0.487 e. The molecule has 1 aromatic heterocycles. The van der Waals surface area contributed by atoms with Crippen molar-refractivity contribution in [2.75, 3.05) is 24.5 Å². The van der Waals surface area contributed by atoms with Gasteiger partial charge in [0, 0.05) is 48.5 Å². The van der Waals surface area contributed by atoms with Crippen LogP contribution in [-0.2, 0) is 21.6 Å². The lowest BCUT2D eigenvalue weighted by molar-refractivity contribution is -0.134. The first-order valence-corrected chi connectivity index (χ1v) is 14.3. The third-order valence-electron chi connectivity index (χ3n) is 7.70. The molecule has 218 valence electrons. The normalized spacial score (nSPS) is 15.6. The number of carbonyl (C=O) groups is 2. The van der Waals surface area contributed by atoms with Gasteiger partial charge < -0.3 is 19.7 Å². The summed E-state index contributed by atoms with van der Waals surface area (Å²) in [5.74, 6) is 7.88. The first-order valence-electron chi connectivity index (χ1n) is 14.3. The summed E-state index contributed by atoms with van der Waals surface area (Å²) < 4.78 is 11.3. The van der Waals surface area contributed by atoms with Crippen LogP contribution in [0.5, 0.6) is 5.75 Å². The Hall–Kier alpha value is -4.38. The van der Waals surface area contributed by atoms with Crippen molar-refractivity contribution in [3.05, 3.63) is 83.2 Å². The standard InChI is InChI=1S/C34H38N4O4/c1-32(2,3)42-31(40)36-17-6-7-24-8-10-25(11-9-24)33(4,5)26-12-14-29(15-13-26)41-21-27-16-18-35-30(37-27)38-22-34(23-38)19-28(39)20-34/h8-16,18H,17,19-23H2,1-5H3,(H,36,40). The number of rotatable bonds is 7. The van der Waals surface area contributed by atoms with Crippen LogP contribution in [0.25, 0.3) is 0 Å². The zero-order chi connectivity index (χ0) is 30.0. The molecular formula is C34H38N4O4. The summed E-state index contributed by atoms with van der Waals surface area (Å²) in [6.45, 7) is 12.1. The smallest absolute Gasteiger partial charge is 0.408 e. The largest absolute Gasteiger partial charge is 0.487 e. The molecule has 2 aromatic carbocycles. The molecule has 0 unspecified atom stereocenters. The van der Waals surface area contributed by atoms with E-state index in [9.17, 15) is 9.59 Å². The molecule has 5 rings (SSSR count). The predicted molar refractivity (Wildman–Crippen MR) is 161 cm³/mol. The SMILES string of the molecule is CC(C)(C)OC(=O)NCC#Cc1ccc(C(C)(C)c2ccc(OCc3ccnc(N4CC5(CC(=O)C5)C4)n3)cc2)cc1. The van der Waals surface area contributed by atoms with Crippen LogP contribution in [0.3, 0.4) is 0 Å². The highest BCUT2D eigenvalue weighted by molar-refractivity contribution is 5.87. The molecule has 1 amide bonds. The lowest BCUT2D eigenvalue weighted by atomic mass is 9.63. The van der Waals surface area contributed by atoms with Gasteiger partial charge in [0.2, 0.25) is 5.95 Å². The number of hydrogen-bond acceptors (Lipinski definition) is 7. The van der Waals surface area contributed by atoms with Gasteiger partial charge in [-0.1, -0.05) is 50.0 Å². The summed E-state index contributed by atoms with van der Waals surface area (Å²) in [7, 11) is 0. The Labute approximate surface area is 247 Å². The number of ether oxygens (including phenoxy) is 2. The molecular weight excluding hydrogens is 528 g/mol. The van der Waals surface area contributed by atoms with E-state index in [1.54, 1.807) is 6.20 Å². The number of hydrogen-bond donors (Lipinski definition) is 1. The van der Waals surface area contributed by atoms with E-state index in [1.165, 1.54) is 11.1 Å². The number of ketones is 1. The highest BCUT2D eigenvalue weighted by atomic mass is 16.6. The summed E-state index contributed by atoms with van der Waals surface area (Å²) in [5.41, 5.74) is 3.45. The molecule has 2 heterocycles. The maximum absolute atomic E-state index is 11.7. The van der Waals surface area contributed by atoms with Crippen molar-refractivity contribution >= 4 is 17.8 Å². The Bertz CT molecular complexity index is 1500. The lowest BCUT2D eigenvalue weighted by Crippen LogP contribution is -2.63. The lowest BCUT2D eigenvalue weighted by Gasteiger charge is -2.54. The van der Waals surface area contributed by atoms with Gasteiger partial charge in [-0.05, 0) is 62.2 Å². The molecule has 1 aliphatic heterocycles. The second-order valence-corrected chi connectivity index (χ2v) is 12.8. The molecule has 1 N–H and O–H groups in total. The fraction of sp³-hybridized carbons (Fsp3) is 0.412. The number of amides is 1. The van der Waals surface area contributed by atoms with Crippen LogP contribution in [0.1, 0.15) is 69.8 Å². The minimum absolute atomic E-state index is 0.167. The van der Waals surface area contributed by atoms with E-state index in [-0.39, 0.29) is 17.4 Å². The van der Waals surface area contributed by atoms with E-state index in [0.717, 1.165) is 30.1 Å². The van der Waals surface area contributed by atoms with Crippen molar-refractivity contribution in [1.29, 1.82) is 0 Å². The minimum atomic E-state index is -0.534. The Morgan fingerprint density at radius 1 is 0.976 bits per heavy atom. The van der Waals surface area contributed by atoms with E-state index in [0.29, 0.717) is 31.2 Å². The summed E-state index contributed by atoms with van der Waals surface area (Å²) >= 11 is 0. The second kappa shape index (κ2) is 11.5. The molecule has 1 aliphatic carbocycles. The molecule has 8 nitrogen and oxygen atoms in total. The number of benzene rings is 2. The van der Waals surface area contributed by atoms with E-state index in [4.69, 9.17) is 9.47 Å². The van der Waals surface area contributed by atoms with Crippen molar-refractivity contribution in [3.8, 4) is 17.6 Å². The average Bonchev–Trinajstić information content (AvgIpc) is 2.91. The molecule has 8 heteroatoms. The van der Waals surface area contributed by atoms with Crippen molar-refractivity contribution in [1.82, 2.24) is 15.3 Å². The van der Waals surface area contributed by atoms with Crippen LogP contribution in [-0.4, -0.2) is 47.1 Å². The van der Waals surface area contributed by atoms with Gasteiger partial charge in [-0.2, -0.15) is 0 Å². The number of carbonyl (C=O) groups excluding carboxylic acids is 2. The van der Waals surface area contributed by atoms with Crippen molar-refractivity contribution in [2.24, 2.45) is 5.41 Å². The van der Waals surface area contributed by atoms with Crippen molar-refractivity contribution in [2.45, 2.75) is 65.1 Å². The number of nitrogens with one attached hydrogen (secondary N) is 1. The summed E-state index contributed by atoms with van der Waals surface area (Å²) in [6, 6.07) is 18.2. The third kappa shape index (κ3) is 6.91. The molecule has 0 radical (unpaired) electrons. The van der Waals surface area contributed by atoms with E-state index in [2.05, 4.69) is 70.1 Å². The zero-order valence-corrected chi connectivity index (χ0v) is 25.0. The maximum Gasteiger partial charge on any atom is 0.408 e. The number of alkyl carbamates (subject to hydrolysis) is 1. The van der Waals surface area contributed by atoms with Crippen LogP contribution in [0.15, 0.2) is 60.8 Å². The molecule has 1 saturated heterocycles. The Balaban J connectivity index is 1.13. The number of nitrogens with zero attached hydrogens (tertiary/aromatic N) is 3. The topological polar surface area (TPSA) is 93.7 Å². The third-order valence-corrected chi connectivity index (χ3v) is 7.70. The fourth-order valence-corrected chi connectivity index (χ4v) is 5.37. The highest BCUT2D eigenvalue weighted by Crippen LogP contribution is 2.46. The Kier molecular flexibility index (Phi) is 7.96. The number of Topliss-reactive ketones (excluding diaryl/α,β-unsaturated/α-hetero) is 1. The fourth-order valence-electron chi connectivity index (χ4n) is 5.37. The van der Waals surface area contributed by atoms with Gasteiger partial charge in [-0.25, -0.2) is 14.8 Å². The van der Waals surface area contributed by atoms with Crippen LogP contribution in [0.4, 0.5) is 10.7 Å². The number of anilines is 1. The molecule has 3 aromatic rings. The van der Waals surface area contributed by atoms with Crippen LogP contribution in [0, 0.1) is 17.3 Å². The van der Waals surface area contributed by atoms with E-state index >= 15 is 0 Å². The molecule has 1 spiro atoms. The van der Waals surface area contributed by atoms with Gasteiger partial charge in [0.1, 0.15) is 23.7 Å². The molecule has 0 bridgehead atoms. The van der Waals surface area contributed by atoms with E-state index in [1.807, 2.05) is 51.1 Å². The van der Waals surface area contributed by atoms with Gasteiger partial charge in [-0.15, -0.1) is 0 Å². The molecule has 2 aliphatic rings. The van der Waals surface area contributed by atoms with Crippen LogP contribution >= 0.6 is 0 Å². The van der Waals surface area contributed by atoms with Gasteiger partial charge in [0.05, 0.1) is 12.2 Å². The van der Waals surface area contributed by atoms with Gasteiger partial charge in [-0.3, -0.25) is 4.79 Å². The molecule has 42 heavy (non-hydrogen) atoms. The first-order chi connectivity index (χ1) is 19.9. The summed E-state index contributed by atoms with van der Waals surface area (Å²) in [6.07, 6.45) is 2.67. The average molecular weight is 567 g/mol. The van der Waals surface area contributed by atoms with Gasteiger partial charge in [0.15, 0.2) is 0 Å². The van der Waals surface area contributed by atoms with Crippen molar-refractivity contribution in [3.63, 3.8) is 0 Å². The summed E-state index contributed by atoms with van der Waals surface area (Å²) in [4.78, 5) is 34.3. The maximum atomic E-state index is 11.7.